The van der Waals surface area contributed by atoms with E-state index >= 15 is 0 Å². The van der Waals surface area contributed by atoms with Gasteiger partial charge in [0.2, 0.25) is 0 Å². The van der Waals surface area contributed by atoms with Crippen molar-refractivity contribution in [2.75, 3.05) is 0 Å². The van der Waals surface area contributed by atoms with Crippen LogP contribution in [0.5, 0.6) is 0 Å². The molecule has 0 amide bonds. The molecule has 0 N–H and O–H groups in total. The predicted molar refractivity (Wildman–Crippen MR) is 59.8 cm³/mol. The number of Topliss-reactive ketones (excluding diaryl/α,β-unsaturated/α-hetero) is 1. The van der Waals surface area contributed by atoms with Gasteiger partial charge in [0, 0.05) is 16.9 Å². The van der Waals surface area contributed by atoms with Crippen LogP contribution in [-0.4, -0.2) is 5.78 Å². The Balaban J connectivity index is 2.10. The highest BCUT2D eigenvalue weighted by Crippen LogP contribution is 2.32. The van der Waals surface area contributed by atoms with E-state index in [-0.39, 0.29) is 0 Å². The fraction of sp³-hybridized carbons (Fsp3) is 0.583. The first-order valence-electron chi connectivity index (χ1n) is 5.35. The Labute approximate surface area is 89.1 Å². The van der Waals surface area contributed by atoms with E-state index in [1.165, 1.54) is 19.3 Å². The molecule has 2 rings (SSSR count). The lowest BCUT2D eigenvalue weighted by Gasteiger charge is -2.27. The molecule has 0 bridgehead atoms. The second kappa shape index (κ2) is 4.26. The molecule has 2 heteroatoms. The van der Waals surface area contributed by atoms with Gasteiger partial charge >= 0.3 is 0 Å². The van der Waals surface area contributed by atoms with Gasteiger partial charge in [-0.1, -0.05) is 26.2 Å². The van der Waals surface area contributed by atoms with Crippen molar-refractivity contribution < 1.29 is 4.79 Å². The van der Waals surface area contributed by atoms with Crippen LogP contribution in [0.25, 0.3) is 0 Å². The first-order valence-corrected chi connectivity index (χ1v) is 6.29. The molecule has 1 nitrogen and oxygen atoms in total. The van der Waals surface area contributed by atoms with Crippen LogP contribution in [-0.2, 0) is 0 Å². The van der Waals surface area contributed by atoms with E-state index in [0.717, 1.165) is 12.0 Å². The van der Waals surface area contributed by atoms with Crippen molar-refractivity contribution in [3.05, 3.63) is 22.4 Å². The molecule has 1 aliphatic carbocycles. The van der Waals surface area contributed by atoms with Gasteiger partial charge in [0.25, 0.3) is 0 Å². The van der Waals surface area contributed by atoms with E-state index < -0.39 is 0 Å². The molecular formula is C12H16OS. The molecule has 0 aliphatic heterocycles. The third kappa shape index (κ3) is 1.90. The lowest BCUT2D eigenvalue weighted by atomic mass is 9.77. The molecule has 1 aliphatic rings. The number of carbonyl (C=O) groups excluding carboxylic acids is 1. The third-order valence-electron chi connectivity index (χ3n) is 3.25. The van der Waals surface area contributed by atoms with Crippen molar-refractivity contribution in [1.82, 2.24) is 0 Å². The van der Waals surface area contributed by atoms with Gasteiger partial charge in [-0.3, -0.25) is 4.79 Å². The summed E-state index contributed by atoms with van der Waals surface area (Å²) >= 11 is 1.61. The van der Waals surface area contributed by atoms with Crippen LogP contribution in [0.2, 0.25) is 0 Å². The maximum Gasteiger partial charge on any atom is 0.167 e. The molecule has 1 saturated carbocycles. The minimum Gasteiger partial charge on any atom is -0.294 e. The zero-order valence-electron chi connectivity index (χ0n) is 8.53. The zero-order chi connectivity index (χ0) is 9.97. The summed E-state index contributed by atoms with van der Waals surface area (Å²) in [5, 5.41) is 3.96. The monoisotopic (exact) mass is 208 g/mol. The van der Waals surface area contributed by atoms with Crippen LogP contribution in [0.4, 0.5) is 0 Å². The van der Waals surface area contributed by atoms with Crippen molar-refractivity contribution >= 4 is 17.1 Å². The van der Waals surface area contributed by atoms with Crippen LogP contribution in [0.15, 0.2) is 16.8 Å². The average Bonchev–Trinajstić information content (AvgIpc) is 2.70. The van der Waals surface area contributed by atoms with Gasteiger partial charge in [-0.15, -0.1) is 0 Å². The van der Waals surface area contributed by atoms with E-state index in [9.17, 15) is 4.79 Å². The molecule has 14 heavy (non-hydrogen) atoms. The van der Waals surface area contributed by atoms with Crippen LogP contribution in [0.3, 0.4) is 0 Å². The van der Waals surface area contributed by atoms with Gasteiger partial charge < -0.3 is 0 Å². The molecule has 1 heterocycles. The first kappa shape index (κ1) is 9.91. The molecule has 2 atom stereocenters. The highest BCUT2D eigenvalue weighted by atomic mass is 32.1. The average molecular weight is 208 g/mol. The highest BCUT2D eigenvalue weighted by molar-refractivity contribution is 7.08. The Hall–Kier alpha value is -0.630. The molecule has 2 unspecified atom stereocenters. The normalized spacial score (nSPS) is 27.5. The van der Waals surface area contributed by atoms with Crippen LogP contribution < -0.4 is 0 Å². The van der Waals surface area contributed by atoms with Crippen LogP contribution in [0.1, 0.15) is 43.0 Å². The lowest BCUT2D eigenvalue weighted by molar-refractivity contribution is 0.0838. The zero-order valence-corrected chi connectivity index (χ0v) is 9.35. The van der Waals surface area contributed by atoms with E-state index in [4.69, 9.17) is 0 Å². The number of hydrogen-bond donors (Lipinski definition) is 0. The van der Waals surface area contributed by atoms with Gasteiger partial charge in [-0.25, -0.2) is 0 Å². The Morgan fingerprint density at radius 3 is 2.86 bits per heavy atom. The standard InChI is InChI=1S/C12H16OS/c1-9-4-2-3-5-11(9)12(13)10-6-7-14-8-10/h6-9,11H,2-5H2,1H3. The van der Waals surface area contributed by atoms with E-state index in [0.29, 0.717) is 17.6 Å². The summed E-state index contributed by atoms with van der Waals surface area (Å²) < 4.78 is 0. The predicted octanol–water partition coefficient (Wildman–Crippen LogP) is 3.76. The molecule has 1 aromatic heterocycles. The second-order valence-corrected chi connectivity index (χ2v) is 5.02. The Morgan fingerprint density at radius 1 is 1.43 bits per heavy atom. The van der Waals surface area contributed by atoms with Gasteiger partial charge in [0.1, 0.15) is 0 Å². The fourth-order valence-electron chi connectivity index (χ4n) is 2.32. The Morgan fingerprint density at radius 2 is 2.21 bits per heavy atom. The molecule has 0 saturated heterocycles. The summed E-state index contributed by atoms with van der Waals surface area (Å²) in [4.78, 5) is 12.1. The Bertz CT molecular complexity index is 302. The van der Waals surface area contributed by atoms with E-state index in [1.54, 1.807) is 11.3 Å². The number of thiophene rings is 1. The third-order valence-corrected chi connectivity index (χ3v) is 3.94. The molecule has 0 spiro atoms. The molecule has 0 aromatic carbocycles. The van der Waals surface area contributed by atoms with E-state index in [2.05, 4.69) is 6.92 Å². The van der Waals surface area contributed by atoms with Gasteiger partial charge in [-0.2, -0.15) is 11.3 Å². The van der Waals surface area contributed by atoms with Crippen LogP contribution in [0, 0.1) is 11.8 Å². The molecule has 1 fully saturated rings. The van der Waals surface area contributed by atoms with Gasteiger partial charge in [0.15, 0.2) is 5.78 Å². The van der Waals surface area contributed by atoms with Gasteiger partial charge in [0.05, 0.1) is 0 Å². The van der Waals surface area contributed by atoms with Crippen LogP contribution >= 0.6 is 11.3 Å². The van der Waals surface area contributed by atoms with Crippen molar-refractivity contribution in [1.29, 1.82) is 0 Å². The largest absolute Gasteiger partial charge is 0.294 e. The minimum absolute atomic E-state index is 0.290. The fourth-order valence-corrected chi connectivity index (χ4v) is 2.97. The molecular weight excluding hydrogens is 192 g/mol. The quantitative estimate of drug-likeness (QED) is 0.676. The second-order valence-electron chi connectivity index (χ2n) is 4.24. The topological polar surface area (TPSA) is 17.1 Å². The smallest absolute Gasteiger partial charge is 0.167 e. The van der Waals surface area contributed by atoms with Crippen molar-refractivity contribution in [2.45, 2.75) is 32.6 Å². The lowest BCUT2D eigenvalue weighted by Crippen LogP contribution is -2.25. The number of carbonyl (C=O) groups is 1. The Kier molecular flexibility index (Phi) is 3.02. The number of rotatable bonds is 2. The SMILES string of the molecule is CC1CCCCC1C(=O)c1ccsc1. The van der Waals surface area contributed by atoms with Crippen molar-refractivity contribution in [3.63, 3.8) is 0 Å². The van der Waals surface area contributed by atoms with Crippen molar-refractivity contribution in [2.24, 2.45) is 11.8 Å². The van der Waals surface area contributed by atoms with Gasteiger partial charge in [-0.05, 0) is 23.8 Å². The molecule has 1 aromatic rings. The maximum atomic E-state index is 12.1. The number of hydrogen-bond acceptors (Lipinski definition) is 2. The van der Waals surface area contributed by atoms with E-state index in [1.807, 2.05) is 16.8 Å². The molecule has 76 valence electrons. The minimum atomic E-state index is 0.290. The number of ketones is 1. The summed E-state index contributed by atoms with van der Waals surface area (Å²) in [6, 6.07) is 1.95. The van der Waals surface area contributed by atoms with Crippen molar-refractivity contribution in [3.8, 4) is 0 Å². The summed E-state index contributed by atoms with van der Waals surface area (Å²) in [6.45, 7) is 2.22. The summed E-state index contributed by atoms with van der Waals surface area (Å²) in [6.07, 6.45) is 4.84. The first-order chi connectivity index (χ1) is 6.79. The summed E-state index contributed by atoms with van der Waals surface area (Å²) in [5.41, 5.74) is 0.925. The summed E-state index contributed by atoms with van der Waals surface area (Å²) in [5.74, 6) is 1.24. The molecule has 0 radical (unpaired) electrons. The maximum absolute atomic E-state index is 12.1. The summed E-state index contributed by atoms with van der Waals surface area (Å²) in [7, 11) is 0. The highest BCUT2D eigenvalue weighted by Gasteiger charge is 2.28.